The van der Waals surface area contributed by atoms with Crippen LogP contribution >= 0.6 is 35.0 Å². The summed E-state index contributed by atoms with van der Waals surface area (Å²) in [6, 6.07) is 4.94. The summed E-state index contributed by atoms with van der Waals surface area (Å²) in [5.74, 6) is -1.63. The molecule has 2 heterocycles. The van der Waals surface area contributed by atoms with Gasteiger partial charge in [-0.25, -0.2) is 9.78 Å². The molecule has 3 aromatic rings. The topological polar surface area (TPSA) is 102 Å². The van der Waals surface area contributed by atoms with Gasteiger partial charge < -0.3 is 14.5 Å². The number of nitrogens with zero attached hydrogens (tertiary/aromatic N) is 4. The van der Waals surface area contributed by atoms with Crippen molar-refractivity contribution in [1.29, 1.82) is 0 Å². The second-order valence-electron chi connectivity index (χ2n) is 5.75. The summed E-state index contributed by atoms with van der Waals surface area (Å²) in [6.07, 6.45) is 0. The number of carbonyl (C=O) groups excluding carboxylic acids is 1. The van der Waals surface area contributed by atoms with Gasteiger partial charge in [0, 0.05) is 29.9 Å². The maximum atomic E-state index is 12.5. The van der Waals surface area contributed by atoms with Gasteiger partial charge in [-0.05, 0) is 17.7 Å². The van der Waals surface area contributed by atoms with E-state index < -0.39 is 17.2 Å². The summed E-state index contributed by atoms with van der Waals surface area (Å²) in [6.45, 7) is 0.169. The molecule has 142 valence electrons. The van der Waals surface area contributed by atoms with Crippen molar-refractivity contribution in [3.05, 3.63) is 54.6 Å². The highest BCUT2D eigenvalue weighted by Gasteiger charge is 2.20. The number of hydrogen-bond acceptors (Lipinski definition) is 6. The fourth-order valence-corrected chi connectivity index (χ4v) is 3.84. The van der Waals surface area contributed by atoms with Crippen LogP contribution in [0.25, 0.3) is 11.2 Å². The molecule has 11 heteroatoms. The first-order valence-electron chi connectivity index (χ1n) is 7.63. The number of aromatic nitrogens is 4. The number of hydrogen-bond donors (Lipinski definition) is 0. The van der Waals surface area contributed by atoms with Crippen LogP contribution in [0.5, 0.6) is 0 Å². The molecule has 0 bridgehead atoms. The van der Waals surface area contributed by atoms with E-state index in [0.717, 1.165) is 16.3 Å². The van der Waals surface area contributed by atoms with Gasteiger partial charge in [-0.2, -0.15) is 0 Å². The molecule has 3 rings (SSSR count). The first-order chi connectivity index (χ1) is 12.7. The third-order valence-corrected chi connectivity index (χ3v) is 5.50. The molecule has 8 nitrogen and oxygen atoms in total. The molecular formula is C16H13Cl2N4O4S-. The second kappa shape index (κ2) is 7.41. The lowest BCUT2D eigenvalue weighted by Crippen LogP contribution is -2.37. The quantitative estimate of drug-likeness (QED) is 0.553. The maximum Gasteiger partial charge on any atom is 0.332 e. The number of benzene rings is 1. The van der Waals surface area contributed by atoms with Crippen molar-refractivity contribution >= 4 is 52.1 Å². The molecule has 0 N–H and O–H groups in total. The van der Waals surface area contributed by atoms with Gasteiger partial charge >= 0.3 is 5.69 Å². The predicted octanol–water partition coefficient (Wildman–Crippen LogP) is 0.631. The molecule has 0 atom stereocenters. The zero-order chi connectivity index (χ0) is 19.9. The lowest BCUT2D eigenvalue weighted by molar-refractivity contribution is -0.301. The molecule has 0 aliphatic heterocycles. The predicted molar refractivity (Wildman–Crippen MR) is 102 cm³/mol. The summed E-state index contributed by atoms with van der Waals surface area (Å²) in [5, 5.41) is 12.0. The largest absolute Gasteiger partial charge is 0.549 e. The Kier molecular flexibility index (Phi) is 5.36. The van der Waals surface area contributed by atoms with Crippen LogP contribution in [0.4, 0.5) is 0 Å². The van der Waals surface area contributed by atoms with Crippen molar-refractivity contribution in [3.8, 4) is 0 Å². The highest BCUT2D eigenvalue weighted by atomic mass is 35.5. The fraction of sp³-hybridized carbons (Fsp3) is 0.250. The van der Waals surface area contributed by atoms with E-state index in [1.54, 1.807) is 22.8 Å². The third kappa shape index (κ3) is 3.62. The van der Waals surface area contributed by atoms with E-state index in [4.69, 9.17) is 23.2 Å². The number of aliphatic carboxylic acids is 1. The summed E-state index contributed by atoms with van der Waals surface area (Å²) >= 11 is 13.1. The van der Waals surface area contributed by atoms with E-state index in [0.29, 0.717) is 15.6 Å². The Morgan fingerprint density at radius 2 is 1.93 bits per heavy atom. The maximum absolute atomic E-state index is 12.5. The Hall–Kier alpha value is -2.23. The number of fused-ring (bicyclic) bond motifs is 1. The van der Waals surface area contributed by atoms with E-state index in [1.165, 1.54) is 18.7 Å². The summed E-state index contributed by atoms with van der Waals surface area (Å²) in [5.41, 5.74) is -0.0825. The average molecular weight is 428 g/mol. The molecule has 0 saturated heterocycles. The number of rotatable bonds is 5. The van der Waals surface area contributed by atoms with Gasteiger partial charge in [0.1, 0.15) is 0 Å². The van der Waals surface area contributed by atoms with E-state index >= 15 is 0 Å². The minimum absolute atomic E-state index is 0.0607. The Labute approximate surface area is 167 Å². The zero-order valence-corrected chi connectivity index (χ0v) is 16.6. The van der Waals surface area contributed by atoms with Crippen LogP contribution in [0.1, 0.15) is 5.56 Å². The van der Waals surface area contributed by atoms with Crippen molar-refractivity contribution in [3.63, 3.8) is 0 Å². The number of carbonyl (C=O) groups is 1. The van der Waals surface area contributed by atoms with E-state index in [9.17, 15) is 19.5 Å². The van der Waals surface area contributed by atoms with Crippen molar-refractivity contribution in [2.75, 3.05) is 5.75 Å². The van der Waals surface area contributed by atoms with Gasteiger partial charge in [0.25, 0.3) is 5.56 Å². The van der Waals surface area contributed by atoms with Gasteiger partial charge in [-0.1, -0.05) is 41.0 Å². The molecule has 0 aliphatic rings. The highest BCUT2D eigenvalue weighted by Crippen LogP contribution is 2.26. The molecule has 0 spiro atoms. The number of aryl methyl sites for hydroxylation is 1. The van der Waals surface area contributed by atoms with E-state index in [-0.39, 0.29) is 28.6 Å². The van der Waals surface area contributed by atoms with Crippen molar-refractivity contribution in [1.82, 2.24) is 18.7 Å². The third-order valence-electron chi connectivity index (χ3n) is 3.97. The molecule has 1 aromatic carbocycles. The lowest BCUT2D eigenvalue weighted by atomic mass is 10.2. The number of carboxylic acid groups (broad SMARTS) is 1. The molecule has 27 heavy (non-hydrogen) atoms. The van der Waals surface area contributed by atoms with Crippen LogP contribution in [-0.4, -0.2) is 30.4 Å². The SMILES string of the molecule is Cn1c(=O)c2nc(SCC(=O)[O-])n(Cc3ccc(Cl)cc3Cl)c2n(C)c1=O. The standard InChI is InChI=1S/C16H14Cl2N4O4S/c1-20-13-12(14(25)21(2)16(20)26)19-15(27-7-11(23)24)22(13)6-8-3-4-9(17)5-10(8)18/h3-5H,6-7H2,1-2H3,(H,23,24)/p-1. The Balaban J connectivity index is 2.26. The molecular weight excluding hydrogens is 415 g/mol. The average Bonchev–Trinajstić information content (AvgIpc) is 2.97. The Bertz CT molecular complexity index is 1180. The molecule has 0 amide bonds. The van der Waals surface area contributed by atoms with Crippen molar-refractivity contribution < 1.29 is 9.90 Å². The van der Waals surface area contributed by atoms with Crippen LogP contribution in [0.2, 0.25) is 10.0 Å². The summed E-state index contributed by atoms with van der Waals surface area (Å²) in [7, 11) is 2.87. The molecule has 0 unspecified atom stereocenters. The second-order valence-corrected chi connectivity index (χ2v) is 7.54. The van der Waals surface area contributed by atoms with Crippen molar-refractivity contribution in [2.45, 2.75) is 11.7 Å². The van der Waals surface area contributed by atoms with Crippen LogP contribution < -0.4 is 16.4 Å². The normalized spacial score (nSPS) is 11.3. The smallest absolute Gasteiger partial charge is 0.332 e. The minimum Gasteiger partial charge on any atom is -0.549 e. The highest BCUT2D eigenvalue weighted by molar-refractivity contribution is 7.99. The van der Waals surface area contributed by atoms with Gasteiger partial charge in [0.2, 0.25) is 0 Å². The van der Waals surface area contributed by atoms with Crippen LogP contribution in [0, 0.1) is 0 Å². The Morgan fingerprint density at radius 1 is 1.22 bits per heavy atom. The van der Waals surface area contributed by atoms with Crippen LogP contribution in [0.3, 0.4) is 0 Å². The van der Waals surface area contributed by atoms with Crippen LogP contribution in [0.15, 0.2) is 32.9 Å². The minimum atomic E-state index is -1.27. The van der Waals surface area contributed by atoms with Gasteiger partial charge in [-0.3, -0.25) is 13.9 Å². The Morgan fingerprint density at radius 3 is 2.56 bits per heavy atom. The van der Waals surface area contributed by atoms with Gasteiger partial charge in [-0.15, -0.1) is 0 Å². The van der Waals surface area contributed by atoms with E-state index in [2.05, 4.69) is 4.98 Å². The van der Waals surface area contributed by atoms with Crippen LogP contribution in [-0.2, 0) is 25.4 Å². The van der Waals surface area contributed by atoms with Gasteiger partial charge in [0.15, 0.2) is 16.3 Å². The number of halogens is 2. The first-order valence-corrected chi connectivity index (χ1v) is 9.37. The molecule has 0 fully saturated rings. The molecule has 0 aliphatic carbocycles. The van der Waals surface area contributed by atoms with Crippen molar-refractivity contribution in [2.24, 2.45) is 14.1 Å². The number of imidazole rings is 1. The molecule has 2 aromatic heterocycles. The fourth-order valence-electron chi connectivity index (χ4n) is 2.67. The molecule has 0 radical (unpaired) electrons. The zero-order valence-electron chi connectivity index (χ0n) is 14.2. The summed E-state index contributed by atoms with van der Waals surface area (Å²) in [4.78, 5) is 39.9. The number of carboxylic acids is 1. The van der Waals surface area contributed by atoms with Gasteiger partial charge in [0.05, 0.1) is 12.5 Å². The first kappa shape index (κ1) is 19.5. The summed E-state index contributed by atoms with van der Waals surface area (Å²) < 4.78 is 3.82. The number of thioether (sulfide) groups is 1. The van der Waals surface area contributed by atoms with E-state index in [1.807, 2.05) is 0 Å². The lowest BCUT2D eigenvalue weighted by Gasteiger charge is -2.12. The molecule has 0 saturated carbocycles. The monoisotopic (exact) mass is 427 g/mol.